The summed E-state index contributed by atoms with van der Waals surface area (Å²) in [6, 6.07) is 7.47. The van der Waals surface area contributed by atoms with Crippen LogP contribution in [0.5, 0.6) is 0 Å². The van der Waals surface area contributed by atoms with Crippen LogP contribution in [-0.2, 0) is 14.3 Å². The highest BCUT2D eigenvalue weighted by Crippen LogP contribution is 2.36. The molecule has 0 bridgehead atoms. The Balaban J connectivity index is 1.33. The molecule has 3 saturated heterocycles. The highest BCUT2D eigenvalue weighted by Gasteiger charge is 2.40. The molecule has 30 heavy (non-hydrogen) atoms. The third-order valence-corrected chi connectivity index (χ3v) is 7.38. The van der Waals surface area contributed by atoms with Crippen molar-refractivity contribution >= 4 is 17.3 Å². The number of aryl methyl sites for hydroxylation is 1. The monoisotopic (exact) mass is 415 g/mol. The molecule has 6 heteroatoms. The molecule has 0 aromatic heterocycles. The number of nitrogens with one attached hydrogen (secondary N) is 1. The van der Waals surface area contributed by atoms with Crippen molar-refractivity contribution in [3.63, 3.8) is 0 Å². The summed E-state index contributed by atoms with van der Waals surface area (Å²) in [5.41, 5.74) is 3.33. The van der Waals surface area contributed by atoms with Gasteiger partial charge in [-0.15, -0.1) is 0 Å². The quantitative estimate of drug-likeness (QED) is 0.689. The Morgan fingerprint density at radius 1 is 1.23 bits per heavy atom. The summed E-state index contributed by atoms with van der Waals surface area (Å²) < 4.78 is 10.6. The zero-order chi connectivity index (χ0) is 21.0. The first-order valence-corrected chi connectivity index (χ1v) is 11.6. The average molecular weight is 416 g/mol. The zero-order valence-corrected chi connectivity index (χ0v) is 18.6. The second-order valence-corrected chi connectivity index (χ2v) is 9.19. The first-order chi connectivity index (χ1) is 14.6. The van der Waals surface area contributed by atoms with Crippen LogP contribution in [-0.4, -0.2) is 70.0 Å². The van der Waals surface area contributed by atoms with Crippen molar-refractivity contribution in [2.45, 2.75) is 51.5 Å². The van der Waals surface area contributed by atoms with Gasteiger partial charge in [0.25, 0.3) is 0 Å². The van der Waals surface area contributed by atoms with Crippen LogP contribution >= 0.6 is 0 Å². The van der Waals surface area contributed by atoms with Crippen molar-refractivity contribution in [2.75, 3.05) is 63.3 Å². The smallest absolute Gasteiger partial charge is 0.312 e. The van der Waals surface area contributed by atoms with Gasteiger partial charge >= 0.3 is 5.97 Å². The van der Waals surface area contributed by atoms with Gasteiger partial charge < -0.3 is 19.7 Å². The largest absolute Gasteiger partial charge is 0.469 e. The van der Waals surface area contributed by atoms with Gasteiger partial charge in [0.05, 0.1) is 12.5 Å². The molecule has 4 rings (SSSR count). The van der Waals surface area contributed by atoms with E-state index >= 15 is 0 Å². The second-order valence-electron chi connectivity index (χ2n) is 9.19. The SMILES string of the molecule is COC(=O)C1(CCNc2ccc(N3CCC(N4CCCC4)C3)cc2C)CCOCC1. The maximum Gasteiger partial charge on any atom is 0.312 e. The van der Waals surface area contributed by atoms with E-state index in [4.69, 9.17) is 9.47 Å². The molecule has 3 aliphatic rings. The predicted molar refractivity (Wildman–Crippen MR) is 120 cm³/mol. The number of ether oxygens (including phenoxy) is 2. The van der Waals surface area contributed by atoms with Crippen LogP contribution in [0.1, 0.15) is 44.1 Å². The van der Waals surface area contributed by atoms with Crippen molar-refractivity contribution in [2.24, 2.45) is 5.41 Å². The number of hydrogen-bond donors (Lipinski definition) is 1. The van der Waals surface area contributed by atoms with Gasteiger partial charge in [0.1, 0.15) is 0 Å². The van der Waals surface area contributed by atoms with Crippen molar-refractivity contribution < 1.29 is 14.3 Å². The summed E-state index contributed by atoms with van der Waals surface area (Å²) in [7, 11) is 1.49. The molecule has 3 heterocycles. The van der Waals surface area contributed by atoms with Crippen LogP contribution in [0, 0.1) is 12.3 Å². The van der Waals surface area contributed by atoms with Gasteiger partial charge in [0, 0.05) is 50.3 Å². The van der Waals surface area contributed by atoms with Gasteiger partial charge in [0.2, 0.25) is 0 Å². The summed E-state index contributed by atoms with van der Waals surface area (Å²) in [6.07, 6.45) is 6.26. The van der Waals surface area contributed by atoms with E-state index in [1.165, 1.54) is 50.7 Å². The van der Waals surface area contributed by atoms with Crippen molar-refractivity contribution in [1.82, 2.24) is 4.90 Å². The summed E-state index contributed by atoms with van der Waals surface area (Å²) in [6.45, 7) is 9.06. The van der Waals surface area contributed by atoms with E-state index in [-0.39, 0.29) is 5.97 Å². The third kappa shape index (κ3) is 4.59. The molecule has 0 saturated carbocycles. The van der Waals surface area contributed by atoms with E-state index in [1.807, 2.05) is 0 Å². The van der Waals surface area contributed by atoms with E-state index < -0.39 is 5.41 Å². The first-order valence-electron chi connectivity index (χ1n) is 11.6. The van der Waals surface area contributed by atoms with Crippen LogP contribution in [0.3, 0.4) is 0 Å². The van der Waals surface area contributed by atoms with Gasteiger partial charge in [-0.3, -0.25) is 9.69 Å². The number of rotatable bonds is 7. The Kier molecular flexibility index (Phi) is 6.84. The molecule has 166 valence electrons. The number of anilines is 2. The number of esters is 1. The van der Waals surface area contributed by atoms with Crippen LogP contribution in [0.25, 0.3) is 0 Å². The van der Waals surface area contributed by atoms with Crippen molar-refractivity contribution in [1.29, 1.82) is 0 Å². The number of carbonyl (C=O) groups is 1. The molecule has 1 N–H and O–H groups in total. The van der Waals surface area contributed by atoms with Crippen LogP contribution in [0.15, 0.2) is 18.2 Å². The van der Waals surface area contributed by atoms with E-state index in [0.717, 1.165) is 50.6 Å². The molecule has 0 spiro atoms. The molecular weight excluding hydrogens is 378 g/mol. The average Bonchev–Trinajstić information content (AvgIpc) is 3.47. The van der Waals surface area contributed by atoms with Crippen molar-refractivity contribution in [3.05, 3.63) is 23.8 Å². The fourth-order valence-corrected chi connectivity index (χ4v) is 5.40. The minimum absolute atomic E-state index is 0.0961. The maximum atomic E-state index is 12.4. The number of benzene rings is 1. The summed E-state index contributed by atoms with van der Waals surface area (Å²) in [4.78, 5) is 17.6. The molecule has 3 fully saturated rings. The Labute approximate surface area is 180 Å². The summed E-state index contributed by atoms with van der Waals surface area (Å²) in [5.74, 6) is -0.0961. The molecule has 1 aromatic carbocycles. The van der Waals surface area contributed by atoms with Gasteiger partial charge in [-0.2, -0.15) is 0 Å². The lowest BCUT2D eigenvalue weighted by Gasteiger charge is -2.34. The normalized spacial score (nSPS) is 24.2. The second kappa shape index (κ2) is 9.56. The number of hydrogen-bond acceptors (Lipinski definition) is 6. The predicted octanol–water partition coefficient (Wildman–Crippen LogP) is 3.44. The molecule has 0 aliphatic carbocycles. The summed E-state index contributed by atoms with van der Waals surface area (Å²) >= 11 is 0. The highest BCUT2D eigenvalue weighted by atomic mass is 16.5. The van der Waals surface area contributed by atoms with Crippen LogP contribution in [0.4, 0.5) is 11.4 Å². The molecule has 6 nitrogen and oxygen atoms in total. The highest BCUT2D eigenvalue weighted by molar-refractivity contribution is 5.77. The Morgan fingerprint density at radius 2 is 2.00 bits per heavy atom. The lowest BCUT2D eigenvalue weighted by Crippen LogP contribution is -2.39. The molecule has 1 unspecified atom stereocenters. The molecule has 1 atom stereocenters. The van der Waals surface area contributed by atoms with Crippen LogP contribution in [0.2, 0.25) is 0 Å². The van der Waals surface area contributed by atoms with Gasteiger partial charge in [0.15, 0.2) is 0 Å². The molecular formula is C24H37N3O3. The minimum Gasteiger partial charge on any atom is -0.469 e. The molecule has 1 aromatic rings. The Hall–Kier alpha value is -1.79. The fraction of sp³-hybridized carbons (Fsp3) is 0.708. The zero-order valence-electron chi connectivity index (χ0n) is 18.6. The molecule has 0 amide bonds. The van der Waals surface area contributed by atoms with Crippen molar-refractivity contribution in [3.8, 4) is 0 Å². The van der Waals surface area contributed by atoms with E-state index in [0.29, 0.717) is 13.2 Å². The molecule has 0 radical (unpaired) electrons. The number of carbonyl (C=O) groups excluding carboxylic acids is 1. The van der Waals surface area contributed by atoms with Gasteiger partial charge in [-0.05, 0) is 82.3 Å². The standard InChI is InChI=1S/C24H37N3O3/c1-19-17-20(27-14-7-21(18-27)26-12-3-4-13-26)5-6-22(19)25-11-8-24(23(28)29-2)9-15-30-16-10-24/h5-6,17,21,25H,3-4,7-16,18H2,1-2H3. The van der Waals surface area contributed by atoms with Gasteiger partial charge in [-0.25, -0.2) is 0 Å². The van der Waals surface area contributed by atoms with Gasteiger partial charge in [-0.1, -0.05) is 0 Å². The fourth-order valence-electron chi connectivity index (χ4n) is 5.40. The first kappa shape index (κ1) is 21.4. The summed E-state index contributed by atoms with van der Waals surface area (Å²) in [5, 5.41) is 3.56. The van der Waals surface area contributed by atoms with E-state index in [2.05, 4.69) is 40.2 Å². The third-order valence-electron chi connectivity index (χ3n) is 7.38. The topological polar surface area (TPSA) is 54.0 Å². The Bertz CT molecular complexity index is 726. The maximum absolute atomic E-state index is 12.4. The lowest BCUT2D eigenvalue weighted by molar-refractivity contribution is -0.159. The van der Waals surface area contributed by atoms with Crippen LogP contribution < -0.4 is 10.2 Å². The van der Waals surface area contributed by atoms with E-state index in [9.17, 15) is 4.79 Å². The van der Waals surface area contributed by atoms with E-state index in [1.54, 1.807) is 0 Å². The number of likely N-dealkylation sites (tertiary alicyclic amines) is 1. The number of methoxy groups -OCH3 is 1. The molecule has 3 aliphatic heterocycles. The lowest BCUT2D eigenvalue weighted by atomic mass is 9.77. The minimum atomic E-state index is -0.409. The Morgan fingerprint density at radius 3 is 2.70 bits per heavy atom. The number of nitrogens with zero attached hydrogens (tertiary/aromatic N) is 2.